The Kier molecular flexibility index (Phi) is 9.03. The number of carbonyl (C=O) groups excluding carboxylic acids is 1. The van der Waals surface area contributed by atoms with Crippen molar-refractivity contribution in [3.63, 3.8) is 0 Å². The molecule has 0 aliphatic carbocycles. The van der Waals surface area contributed by atoms with Crippen molar-refractivity contribution in [3.8, 4) is 5.75 Å². The number of nitro groups is 1. The summed E-state index contributed by atoms with van der Waals surface area (Å²) in [4.78, 5) is 21.9. The number of halogens is 13. The van der Waals surface area contributed by atoms with Crippen molar-refractivity contribution < 1.29 is 71.5 Å². The van der Waals surface area contributed by atoms with Crippen molar-refractivity contribution in [2.75, 3.05) is 5.75 Å². The summed E-state index contributed by atoms with van der Waals surface area (Å²) in [5, 5.41) is 10.6. The highest BCUT2D eigenvalue weighted by Gasteiger charge is 2.90. The van der Waals surface area contributed by atoms with E-state index in [2.05, 4.69) is 0 Å². The lowest BCUT2D eigenvalue weighted by molar-refractivity contribution is -0.439. The van der Waals surface area contributed by atoms with Gasteiger partial charge in [0.25, 0.3) is 5.69 Å². The fourth-order valence-corrected chi connectivity index (χ4v) is 3.67. The summed E-state index contributed by atoms with van der Waals surface area (Å²) in [5.41, 5.74) is -0.430. The molecule has 2 rings (SSSR count). The Morgan fingerprint density at radius 3 is 1.65 bits per heavy atom. The lowest BCUT2D eigenvalue weighted by Gasteiger charge is -2.39. The van der Waals surface area contributed by atoms with E-state index in [9.17, 15) is 72.0 Å². The third-order valence-electron chi connectivity index (χ3n) is 5.03. The van der Waals surface area contributed by atoms with Gasteiger partial charge in [0.2, 0.25) is 0 Å². The van der Waals surface area contributed by atoms with E-state index in [0.717, 1.165) is 48.5 Å². The van der Waals surface area contributed by atoms with Crippen LogP contribution in [0.3, 0.4) is 0 Å². The van der Waals surface area contributed by atoms with Crippen LogP contribution < -0.4 is 4.74 Å². The van der Waals surface area contributed by atoms with Crippen LogP contribution in [0, 0.1) is 10.1 Å². The summed E-state index contributed by atoms with van der Waals surface area (Å²) < 4.78 is 176. The van der Waals surface area contributed by atoms with Crippen LogP contribution in [0.5, 0.6) is 5.75 Å². The fourth-order valence-electron chi connectivity index (χ4n) is 2.75. The van der Waals surface area contributed by atoms with E-state index in [1.54, 1.807) is 0 Å². The van der Waals surface area contributed by atoms with Gasteiger partial charge in [0.05, 0.1) is 10.5 Å². The van der Waals surface area contributed by atoms with Gasteiger partial charge in [-0.2, -0.15) is 57.1 Å². The first-order valence-corrected chi connectivity index (χ1v) is 11.1. The highest BCUT2D eigenvalue weighted by atomic mass is 32.2. The lowest BCUT2D eigenvalue weighted by Crippen LogP contribution is -2.70. The van der Waals surface area contributed by atoms with Crippen molar-refractivity contribution >= 4 is 23.4 Å². The number of hydrogen-bond acceptors (Lipinski definition) is 5. The zero-order chi connectivity index (χ0) is 30.9. The second-order valence-electron chi connectivity index (χ2n) is 7.76. The summed E-state index contributed by atoms with van der Waals surface area (Å²) in [6.07, 6.45) is -9.83. The molecule has 0 N–H and O–H groups in total. The number of carbonyl (C=O) groups is 1. The monoisotopic (exact) mass is 621 g/mol. The van der Waals surface area contributed by atoms with E-state index in [1.165, 1.54) is 0 Å². The summed E-state index contributed by atoms with van der Waals surface area (Å²) in [6, 6.07) is 8.36. The van der Waals surface area contributed by atoms with Gasteiger partial charge in [-0.3, -0.25) is 10.1 Å². The van der Waals surface area contributed by atoms with Crippen molar-refractivity contribution in [3.05, 3.63) is 64.2 Å². The molecule has 0 radical (unpaired) electrons. The molecular formula is C21H12F13NO4S. The molecule has 0 atom stereocenters. The van der Waals surface area contributed by atoms with E-state index in [-0.39, 0.29) is 33.7 Å². The Morgan fingerprint density at radius 2 is 1.20 bits per heavy atom. The summed E-state index contributed by atoms with van der Waals surface area (Å²) in [7, 11) is 0. The average molecular weight is 621 g/mol. The van der Waals surface area contributed by atoms with Crippen LogP contribution in [-0.4, -0.2) is 52.4 Å². The molecule has 0 saturated heterocycles. The Bertz CT molecular complexity index is 1220. The number of alkyl halides is 13. The zero-order valence-electron chi connectivity index (χ0n) is 18.9. The van der Waals surface area contributed by atoms with Crippen LogP contribution in [0.25, 0.3) is 0 Å². The van der Waals surface area contributed by atoms with Gasteiger partial charge >= 0.3 is 41.8 Å². The number of rotatable bonds is 11. The lowest BCUT2D eigenvalue weighted by atomic mass is 9.93. The van der Waals surface area contributed by atoms with E-state index in [4.69, 9.17) is 4.74 Å². The molecule has 2 aromatic carbocycles. The smallest absolute Gasteiger partial charge is 0.423 e. The van der Waals surface area contributed by atoms with Gasteiger partial charge in [-0.25, -0.2) is 4.79 Å². The van der Waals surface area contributed by atoms with Crippen molar-refractivity contribution in [2.24, 2.45) is 0 Å². The molecule has 0 saturated carbocycles. The van der Waals surface area contributed by atoms with Crippen LogP contribution in [0.15, 0.2) is 53.4 Å². The Morgan fingerprint density at radius 1 is 0.725 bits per heavy atom. The molecule has 5 nitrogen and oxygen atoms in total. The Labute approximate surface area is 218 Å². The van der Waals surface area contributed by atoms with Crippen molar-refractivity contribution in [2.45, 2.75) is 47.1 Å². The minimum atomic E-state index is -7.94. The molecule has 0 aromatic heterocycles. The van der Waals surface area contributed by atoms with E-state index in [1.807, 2.05) is 0 Å². The quantitative estimate of drug-likeness (QED) is 0.0635. The maximum Gasteiger partial charge on any atom is 0.460 e. The molecule has 40 heavy (non-hydrogen) atoms. The Balaban J connectivity index is 2.06. The number of hydrogen-bond donors (Lipinski definition) is 0. The summed E-state index contributed by atoms with van der Waals surface area (Å²) >= 11 is 0.241. The second-order valence-corrected chi connectivity index (χ2v) is 8.93. The van der Waals surface area contributed by atoms with Crippen molar-refractivity contribution in [1.29, 1.82) is 0 Å². The Hall–Kier alpha value is -3.25. The molecule has 0 aliphatic rings. The second kappa shape index (κ2) is 11.0. The third-order valence-corrected chi connectivity index (χ3v) is 6.05. The predicted molar refractivity (Wildman–Crippen MR) is 111 cm³/mol. The van der Waals surface area contributed by atoms with Crippen molar-refractivity contribution in [1.82, 2.24) is 0 Å². The number of benzene rings is 2. The highest BCUT2D eigenvalue weighted by Crippen LogP contribution is 2.60. The maximum atomic E-state index is 13.9. The van der Waals surface area contributed by atoms with Gasteiger partial charge in [0, 0.05) is 29.2 Å². The molecule has 19 heteroatoms. The van der Waals surface area contributed by atoms with Crippen LogP contribution in [0.2, 0.25) is 0 Å². The van der Waals surface area contributed by atoms with Crippen LogP contribution in [0.1, 0.15) is 16.8 Å². The van der Waals surface area contributed by atoms with Crippen LogP contribution in [0.4, 0.5) is 62.8 Å². The minimum Gasteiger partial charge on any atom is -0.423 e. The molecule has 0 amide bonds. The first-order chi connectivity index (χ1) is 18.0. The number of non-ortho nitro benzene ring substituents is 1. The standard InChI is InChI=1S/C21H12F13NO4S/c22-16(23,17(24,25)18(26,27)19(28,29)20(30,31)21(32,33)34)9-10-40-14-7-5-13(6-8-14)39-15(36)11-1-3-12(4-2-11)35(37)38/h1-8H,9-10H2. The van der Waals surface area contributed by atoms with E-state index < -0.39 is 58.9 Å². The topological polar surface area (TPSA) is 69.4 Å². The normalized spacial score (nSPS) is 13.7. The first kappa shape index (κ1) is 33.0. The molecule has 0 unspecified atom stereocenters. The molecule has 0 heterocycles. The molecule has 0 aliphatic heterocycles. The molecule has 2 aromatic rings. The van der Waals surface area contributed by atoms with E-state index in [0.29, 0.717) is 0 Å². The van der Waals surface area contributed by atoms with Gasteiger partial charge in [0.15, 0.2) is 0 Å². The highest BCUT2D eigenvalue weighted by molar-refractivity contribution is 7.99. The fraction of sp³-hybridized carbons (Fsp3) is 0.381. The SMILES string of the molecule is O=C(Oc1ccc(SCCC(F)(F)C(F)(F)C(F)(F)C(F)(F)C(F)(F)C(F)(F)F)cc1)c1ccc([N+](=O)[O-])cc1. The largest absolute Gasteiger partial charge is 0.460 e. The minimum absolute atomic E-state index is 0.0602. The van der Waals surface area contributed by atoms with Gasteiger partial charge in [0.1, 0.15) is 5.75 Å². The van der Waals surface area contributed by atoms with Gasteiger partial charge < -0.3 is 4.74 Å². The number of thioether (sulfide) groups is 1. The van der Waals surface area contributed by atoms with Crippen LogP contribution in [-0.2, 0) is 0 Å². The molecule has 0 spiro atoms. The molecule has 222 valence electrons. The molecular weight excluding hydrogens is 609 g/mol. The van der Waals surface area contributed by atoms with E-state index >= 15 is 0 Å². The number of ether oxygens (including phenoxy) is 1. The third kappa shape index (κ3) is 6.07. The van der Waals surface area contributed by atoms with Gasteiger partial charge in [-0.05, 0) is 36.4 Å². The molecule has 0 bridgehead atoms. The summed E-state index contributed by atoms with van der Waals surface area (Å²) in [6.45, 7) is 0. The number of esters is 1. The van der Waals surface area contributed by atoms with Gasteiger partial charge in [-0.1, -0.05) is 0 Å². The average Bonchev–Trinajstić information content (AvgIpc) is 2.83. The maximum absolute atomic E-state index is 13.9. The zero-order valence-corrected chi connectivity index (χ0v) is 19.8. The number of nitrogens with zero attached hydrogens (tertiary/aromatic N) is 1. The number of nitro benzene ring substituents is 1. The molecule has 0 fully saturated rings. The van der Waals surface area contributed by atoms with Gasteiger partial charge in [-0.15, -0.1) is 11.8 Å². The first-order valence-electron chi connectivity index (χ1n) is 10.1. The predicted octanol–water partition coefficient (Wildman–Crippen LogP) is 8.04. The summed E-state index contributed by atoms with van der Waals surface area (Å²) in [5.74, 6) is -39.4. The van der Waals surface area contributed by atoms with Crippen LogP contribution >= 0.6 is 11.8 Å².